The van der Waals surface area contributed by atoms with E-state index in [9.17, 15) is 14.4 Å². The second-order valence-electron chi connectivity index (χ2n) is 11.5. The molecule has 5 nitrogen and oxygen atoms in total. The molecule has 4 aliphatic carbocycles. The molecule has 0 aromatic heterocycles. The first-order chi connectivity index (χ1) is 16.0. The van der Waals surface area contributed by atoms with E-state index in [1.165, 1.54) is 13.3 Å². The summed E-state index contributed by atoms with van der Waals surface area (Å²) in [5, 5.41) is 0. The van der Waals surface area contributed by atoms with Gasteiger partial charge in [0.25, 0.3) is 0 Å². The molecular formula is C28H36BrNO4. The predicted octanol–water partition coefficient (Wildman–Crippen LogP) is 5.50. The number of piperidine rings is 1. The normalized spacial score (nSPS) is 41.4. The Bertz CT molecular complexity index is 1040. The first-order valence-corrected chi connectivity index (χ1v) is 13.7. The number of nitrogens with zero attached hydrogens (tertiary/aromatic N) is 1. The second-order valence-corrected chi connectivity index (χ2v) is 12.4. The van der Waals surface area contributed by atoms with Gasteiger partial charge in [-0.1, -0.05) is 32.1 Å². The SMILES string of the molecule is CC(=O)O[C@]1(C(C)=O)CC[C@H]2[C@@H]3C=CC4=C(N5CCCCC5)C(=O)C(Br)=C[C@]4(C)[C@H]3CC[C@@]21C. The molecule has 1 heterocycles. The fourth-order valence-electron chi connectivity index (χ4n) is 8.33. The number of ether oxygens (including phenoxy) is 1. The lowest BCUT2D eigenvalue weighted by Gasteiger charge is -2.57. The van der Waals surface area contributed by atoms with Crippen LogP contribution in [0.4, 0.5) is 0 Å². The molecule has 1 aliphatic heterocycles. The Labute approximate surface area is 211 Å². The molecule has 0 bridgehead atoms. The zero-order chi connectivity index (χ0) is 24.5. The van der Waals surface area contributed by atoms with Crippen LogP contribution >= 0.6 is 15.9 Å². The molecule has 0 amide bonds. The van der Waals surface area contributed by atoms with E-state index in [0.717, 1.165) is 56.5 Å². The van der Waals surface area contributed by atoms with E-state index in [4.69, 9.17) is 4.74 Å². The first-order valence-electron chi connectivity index (χ1n) is 12.9. The minimum absolute atomic E-state index is 0.0315. The lowest BCUT2D eigenvalue weighted by molar-refractivity contribution is -0.184. The fourth-order valence-corrected chi connectivity index (χ4v) is 8.99. The Morgan fingerprint density at radius 3 is 2.38 bits per heavy atom. The second kappa shape index (κ2) is 8.18. The zero-order valence-electron chi connectivity index (χ0n) is 20.8. The Morgan fingerprint density at radius 1 is 1.06 bits per heavy atom. The lowest BCUT2D eigenvalue weighted by atomic mass is 9.48. The monoisotopic (exact) mass is 529 g/mol. The number of Topliss-reactive ketones (excluding diaryl/α,β-unsaturated/α-hetero) is 2. The molecule has 5 aliphatic rings. The number of allylic oxidation sites excluding steroid dienone is 5. The third kappa shape index (κ3) is 3.19. The summed E-state index contributed by atoms with van der Waals surface area (Å²) in [7, 11) is 0. The average molecular weight is 531 g/mol. The van der Waals surface area contributed by atoms with E-state index in [-0.39, 0.29) is 40.2 Å². The molecule has 0 radical (unpaired) electrons. The van der Waals surface area contributed by atoms with Gasteiger partial charge in [0, 0.05) is 30.8 Å². The number of likely N-dealkylation sites (tertiary alicyclic amines) is 1. The van der Waals surface area contributed by atoms with Gasteiger partial charge in [-0.2, -0.15) is 0 Å². The van der Waals surface area contributed by atoms with Gasteiger partial charge in [0.1, 0.15) is 0 Å². The summed E-state index contributed by atoms with van der Waals surface area (Å²) in [5.41, 5.74) is 0.377. The van der Waals surface area contributed by atoms with Crippen LogP contribution in [0.1, 0.15) is 72.6 Å². The maximum absolute atomic E-state index is 13.3. The van der Waals surface area contributed by atoms with Crippen molar-refractivity contribution in [2.45, 2.75) is 78.2 Å². The maximum atomic E-state index is 13.3. The summed E-state index contributed by atoms with van der Waals surface area (Å²) in [4.78, 5) is 40.7. The highest BCUT2D eigenvalue weighted by Crippen LogP contribution is 2.67. The van der Waals surface area contributed by atoms with Gasteiger partial charge in [0.15, 0.2) is 11.4 Å². The summed E-state index contributed by atoms with van der Waals surface area (Å²) in [6, 6.07) is 0. The molecule has 0 aromatic carbocycles. The number of hydrogen-bond donors (Lipinski definition) is 0. The molecule has 5 rings (SSSR count). The average Bonchev–Trinajstić information content (AvgIpc) is 3.08. The van der Waals surface area contributed by atoms with Gasteiger partial charge >= 0.3 is 5.97 Å². The fraction of sp³-hybridized carbons (Fsp3) is 0.679. The Hall–Kier alpha value is -1.69. The van der Waals surface area contributed by atoms with Crippen LogP contribution in [0.5, 0.6) is 0 Å². The van der Waals surface area contributed by atoms with Crippen LogP contribution in [0.15, 0.2) is 34.0 Å². The molecule has 2 saturated carbocycles. The summed E-state index contributed by atoms with van der Waals surface area (Å²) >= 11 is 3.63. The molecule has 6 heteroatoms. The smallest absolute Gasteiger partial charge is 0.303 e. The third-order valence-corrected chi connectivity index (χ3v) is 10.5. The number of hydrogen-bond acceptors (Lipinski definition) is 5. The molecule has 0 N–H and O–H groups in total. The molecule has 0 aromatic rings. The summed E-state index contributed by atoms with van der Waals surface area (Å²) < 4.78 is 6.55. The number of carbonyl (C=O) groups is 3. The zero-order valence-corrected chi connectivity index (χ0v) is 22.4. The van der Waals surface area contributed by atoms with Crippen LogP contribution < -0.4 is 0 Å². The minimum atomic E-state index is -1.03. The van der Waals surface area contributed by atoms with Crippen molar-refractivity contribution >= 4 is 33.5 Å². The van der Waals surface area contributed by atoms with Crippen LogP contribution in [0, 0.1) is 28.6 Å². The number of carbonyl (C=O) groups excluding carboxylic acids is 3. The van der Waals surface area contributed by atoms with E-state index < -0.39 is 5.60 Å². The van der Waals surface area contributed by atoms with Gasteiger partial charge in [-0.15, -0.1) is 0 Å². The van der Waals surface area contributed by atoms with E-state index in [1.54, 1.807) is 6.92 Å². The third-order valence-electron chi connectivity index (χ3n) is 9.96. The highest BCUT2D eigenvalue weighted by atomic mass is 79.9. The Morgan fingerprint density at radius 2 is 1.74 bits per heavy atom. The van der Waals surface area contributed by atoms with E-state index >= 15 is 0 Å². The van der Waals surface area contributed by atoms with Gasteiger partial charge in [-0.3, -0.25) is 14.4 Å². The minimum Gasteiger partial charge on any atom is -0.451 e. The van der Waals surface area contributed by atoms with Gasteiger partial charge in [-0.05, 0) is 91.1 Å². The topological polar surface area (TPSA) is 63.7 Å². The maximum Gasteiger partial charge on any atom is 0.303 e. The van der Waals surface area contributed by atoms with Crippen LogP contribution in [-0.4, -0.2) is 41.1 Å². The predicted molar refractivity (Wildman–Crippen MR) is 134 cm³/mol. The highest BCUT2D eigenvalue weighted by Gasteiger charge is 2.67. The van der Waals surface area contributed by atoms with Crippen molar-refractivity contribution in [1.82, 2.24) is 4.90 Å². The van der Waals surface area contributed by atoms with Gasteiger partial charge in [0.05, 0.1) is 10.2 Å². The van der Waals surface area contributed by atoms with Crippen LogP contribution in [0.25, 0.3) is 0 Å². The van der Waals surface area contributed by atoms with Gasteiger partial charge in [0.2, 0.25) is 5.78 Å². The number of halogens is 1. The molecule has 6 atom stereocenters. The summed E-state index contributed by atoms with van der Waals surface area (Å²) in [6.45, 7) is 9.33. The molecule has 3 fully saturated rings. The van der Waals surface area contributed by atoms with Crippen molar-refractivity contribution in [3.63, 3.8) is 0 Å². The van der Waals surface area contributed by atoms with Crippen LogP contribution in [0.3, 0.4) is 0 Å². The molecule has 1 saturated heterocycles. The van der Waals surface area contributed by atoms with Gasteiger partial charge in [-0.25, -0.2) is 0 Å². The number of fused-ring (bicyclic) bond motifs is 5. The van der Waals surface area contributed by atoms with E-state index in [0.29, 0.717) is 16.8 Å². The lowest BCUT2D eigenvalue weighted by Crippen LogP contribution is -2.58. The highest BCUT2D eigenvalue weighted by molar-refractivity contribution is 9.12. The largest absolute Gasteiger partial charge is 0.451 e. The van der Waals surface area contributed by atoms with E-state index in [1.807, 2.05) is 0 Å². The van der Waals surface area contributed by atoms with Gasteiger partial charge < -0.3 is 9.64 Å². The molecule has 34 heavy (non-hydrogen) atoms. The molecule has 0 unspecified atom stereocenters. The number of esters is 1. The van der Waals surface area contributed by atoms with Crippen molar-refractivity contribution in [3.8, 4) is 0 Å². The van der Waals surface area contributed by atoms with Crippen LogP contribution in [-0.2, 0) is 19.1 Å². The number of rotatable bonds is 3. The van der Waals surface area contributed by atoms with Crippen molar-refractivity contribution in [2.75, 3.05) is 13.1 Å². The van der Waals surface area contributed by atoms with Crippen molar-refractivity contribution in [2.24, 2.45) is 28.6 Å². The molecule has 0 spiro atoms. The first kappa shape index (κ1) is 24.0. The number of ketones is 2. The van der Waals surface area contributed by atoms with Crippen molar-refractivity contribution in [3.05, 3.63) is 34.0 Å². The standard InChI is InChI=1S/C28H36BrNO4/c1-17(31)28(34-18(2)32)13-11-21-19-8-9-22-24(30-14-6-5-7-15-30)25(33)23(29)16-26(22,3)20(19)10-12-27(21,28)4/h8-9,16,19-21H,5-7,10-15H2,1-4H3/t19-,20+,21+,26-,27+,28+/m1/s1. The van der Waals surface area contributed by atoms with Crippen molar-refractivity contribution in [1.29, 1.82) is 0 Å². The summed E-state index contributed by atoms with van der Waals surface area (Å²) in [5.74, 6) is 0.565. The van der Waals surface area contributed by atoms with E-state index in [2.05, 4.69) is 52.9 Å². The molecule has 184 valence electrons. The Kier molecular flexibility index (Phi) is 5.78. The summed E-state index contributed by atoms with van der Waals surface area (Å²) in [6.07, 6.45) is 13.4. The quantitative estimate of drug-likeness (QED) is 0.451. The molecular weight excluding hydrogens is 494 g/mol. The van der Waals surface area contributed by atoms with Crippen LogP contribution in [0.2, 0.25) is 0 Å². The Balaban J connectivity index is 1.58. The van der Waals surface area contributed by atoms with Crippen molar-refractivity contribution < 1.29 is 19.1 Å².